The van der Waals surface area contributed by atoms with Gasteiger partial charge < -0.3 is 0 Å². The van der Waals surface area contributed by atoms with Crippen molar-refractivity contribution in [2.24, 2.45) is 0 Å². The molecule has 0 amide bonds. The smallest absolute Gasteiger partial charge is 0 e. The molecule has 0 N–H and O–H groups in total. The fourth-order valence-electron chi connectivity index (χ4n) is 2.66. The van der Waals surface area contributed by atoms with Crippen molar-refractivity contribution in [3.8, 4) is 0 Å². The van der Waals surface area contributed by atoms with Gasteiger partial charge in [-0.15, -0.1) is 0 Å². The third kappa shape index (κ3) is 16.1. The molecule has 6 nitrogen and oxygen atoms in total. The second kappa shape index (κ2) is 31.9. The summed E-state index contributed by atoms with van der Waals surface area (Å²) in [4.78, 5) is 2.36. The molecule has 2 aromatic carbocycles. The molecule has 0 spiro atoms. The minimum atomic E-state index is 0. The molecule has 0 fully saturated rings. The van der Waals surface area contributed by atoms with E-state index >= 15 is 0 Å². The Morgan fingerprint density at radius 1 is 0.667 bits per heavy atom. The summed E-state index contributed by atoms with van der Waals surface area (Å²) in [6, 6.07) is 21.3. The molecule has 2 aromatic rings. The van der Waals surface area contributed by atoms with E-state index in [1.807, 2.05) is 0 Å². The zero-order chi connectivity index (χ0) is 25.9. The molecule has 0 unspecified atom stereocenters. The third-order valence-corrected chi connectivity index (χ3v) is 5.06. The minimum Gasteiger partial charge on any atom is 0 e. The molecule has 0 heterocycles. The Labute approximate surface area is 218 Å². The maximum Gasteiger partial charge on any atom is 0 e. The molecular weight excluding hydrogens is 657 g/mol. The van der Waals surface area contributed by atoms with Gasteiger partial charge in [-0.1, -0.05) is 0 Å². The Balaban J connectivity index is -0.000000210. The second-order valence-corrected chi connectivity index (χ2v) is 6.02. The van der Waals surface area contributed by atoms with Crippen LogP contribution >= 0.6 is 0 Å². The molecule has 0 saturated heterocycles. The molecule has 8 heteroatoms. The minimum absolute atomic E-state index is 0. The summed E-state index contributed by atoms with van der Waals surface area (Å²) in [6.45, 7) is 31.1. The van der Waals surface area contributed by atoms with Crippen molar-refractivity contribution in [3.05, 3.63) is 111 Å². The van der Waals surface area contributed by atoms with Gasteiger partial charge in [0.1, 0.15) is 0 Å². The van der Waals surface area contributed by atoms with Crippen LogP contribution in [0.5, 0.6) is 0 Å². The van der Waals surface area contributed by atoms with Gasteiger partial charge in [0.15, 0.2) is 0 Å². The Morgan fingerprint density at radius 2 is 0.939 bits per heavy atom. The second-order valence-electron chi connectivity index (χ2n) is 5.21. The molecule has 0 bridgehead atoms. The van der Waals surface area contributed by atoms with Crippen LogP contribution in [0.4, 0.5) is 0 Å². The van der Waals surface area contributed by atoms with Crippen LogP contribution in [0.25, 0.3) is 5.57 Å². The van der Waals surface area contributed by atoms with Gasteiger partial charge in [-0.25, -0.2) is 0 Å². The van der Waals surface area contributed by atoms with Gasteiger partial charge in [0.25, 0.3) is 0 Å². The molecule has 0 aromatic heterocycles. The van der Waals surface area contributed by atoms with Gasteiger partial charge in [-0.05, 0) is 0 Å². The standard InChI is InChI=1S/C20H23NSe.5CO.W/c1-4-21(5-2)20(22)16(3)19(17-12-8-6-9-13-17)18-14-10-7-11-15-18;5*1-2;/h6-15H,4-5H2,1-3H3;;;;;;. The largest absolute Gasteiger partial charge is 0 e. The molecule has 2 rings (SSSR count). The van der Waals surface area contributed by atoms with E-state index in [9.17, 15) is 0 Å². The number of likely N-dealkylation sites (N-methyl/N-ethyl adjacent to an activating group) is 1. The van der Waals surface area contributed by atoms with Gasteiger partial charge in [0.2, 0.25) is 0 Å². The first-order valence-electron chi connectivity index (χ1n) is 8.82. The van der Waals surface area contributed by atoms with E-state index in [0.717, 1.165) is 13.1 Å². The number of nitrogens with zero attached hydrogens (tertiary/aromatic N) is 1. The van der Waals surface area contributed by atoms with Crippen molar-refractivity contribution in [1.29, 1.82) is 0 Å². The van der Waals surface area contributed by atoms with Crippen LogP contribution in [0, 0.1) is 33.3 Å². The average molecular weight is 680 g/mol. The molecule has 0 atom stereocenters. The van der Waals surface area contributed by atoms with Crippen molar-refractivity contribution in [3.63, 3.8) is 0 Å². The molecule has 170 valence electrons. The molecule has 33 heavy (non-hydrogen) atoms. The van der Waals surface area contributed by atoms with Crippen molar-refractivity contribution in [2.45, 2.75) is 20.8 Å². The fourth-order valence-corrected chi connectivity index (χ4v) is 3.42. The molecule has 0 aliphatic heterocycles. The van der Waals surface area contributed by atoms with Crippen molar-refractivity contribution >= 4 is 25.7 Å². The van der Waals surface area contributed by atoms with Crippen molar-refractivity contribution in [1.82, 2.24) is 4.90 Å². The zero-order valence-electron chi connectivity index (χ0n) is 18.5. The first kappa shape index (κ1) is 41.1. The topological polar surface area (TPSA) is 103 Å². The third-order valence-electron chi connectivity index (χ3n) is 3.87. The first-order valence-corrected chi connectivity index (χ1v) is 9.67. The Kier molecular flexibility index (Phi) is 39.7. The molecular formula is C25H23NO5SeW. The molecule has 0 aliphatic carbocycles. The van der Waals surface area contributed by atoms with E-state index in [4.69, 9.17) is 23.3 Å². The van der Waals surface area contributed by atoms with Gasteiger partial charge >= 0.3 is 198 Å². The van der Waals surface area contributed by atoms with Crippen LogP contribution in [0.3, 0.4) is 0 Å². The van der Waals surface area contributed by atoms with Crippen LogP contribution in [0.2, 0.25) is 0 Å². The van der Waals surface area contributed by atoms with Gasteiger partial charge in [0.05, 0.1) is 0 Å². The van der Waals surface area contributed by atoms with Crippen LogP contribution in [0.15, 0.2) is 66.2 Å². The van der Waals surface area contributed by atoms with Gasteiger partial charge in [0, 0.05) is 21.1 Å². The van der Waals surface area contributed by atoms with Crippen LogP contribution in [0.1, 0.15) is 31.9 Å². The van der Waals surface area contributed by atoms with E-state index in [0.29, 0.717) is 0 Å². The van der Waals surface area contributed by atoms with Crippen LogP contribution in [-0.2, 0) is 44.3 Å². The summed E-state index contributed by atoms with van der Waals surface area (Å²) >= 11 is 3.28. The molecule has 0 radical (unpaired) electrons. The van der Waals surface area contributed by atoms with E-state index in [1.165, 1.54) is 26.8 Å². The zero-order valence-corrected chi connectivity index (χ0v) is 23.1. The Morgan fingerprint density at radius 3 is 1.18 bits per heavy atom. The summed E-state index contributed by atoms with van der Waals surface area (Å²) in [5.74, 6) is 0. The van der Waals surface area contributed by atoms with Gasteiger partial charge in [-0.2, -0.15) is 0 Å². The SMILES string of the molecule is CCN(CC)C(=[Se])C(C)=C(c1ccccc1)c1ccccc1.[C-]#[O+].[C-]#[O+].[C-]#[O+].[C-]#[O+].[C-]#[O+].[W]. The summed E-state index contributed by atoms with van der Waals surface area (Å²) in [7, 11) is 0. The normalized spacial score (nSPS) is 7.06. The van der Waals surface area contributed by atoms with E-state index in [-0.39, 0.29) is 21.1 Å². The maximum absolute atomic E-state index is 7.50. The quantitative estimate of drug-likeness (QED) is 0.258. The van der Waals surface area contributed by atoms with E-state index in [2.05, 4.69) is 135 Å². The van der Waals surface area contributed by atoms with Crippen molar-refractivity contribution < 1.29 is 44.3 Å². The summed E-state index contributed by atoms with van der Waals surface area (Å²) in [5.41, 5.74) is 5.10. The van der Waals surface area contributed by atoms with E-state index < -0.39 is 0 Å². The Bertz CT molecular complexity index is 792. The maximum atomic E-state index is 7.50. The molecule has 0 saturated carbocycles. The monoisotopic (exact) mass is 681 g/mol. The summed E-state index contributed by atoms with van der Waals surface area (Å²) < 4.78 is 38.7. The number of rotatable bonds is 6. The van der Waals surface area contributed by atoms with Crippen LogP contribution < -0.4 is 0 Å². The Hall–Kier alpha value is -2.24. The van der Waals surface area contributed by atoms with Crippen molar-refractivity contribution in [2.75, 3.05) is 13.1 Å². The first-order chi connectivity index (χ1) is 15.7. The van der Waals surface area contributed by atoms with Gasteiger partial charge in [-0.3, -0.25) is 0 Å². The summed E-state index contributed by atoms with van der Waals surface area (Å²) in [5, 5.41) is 0. The van der Waals surface area contributed by atoms with Crippen LogP contribution in [-0.4, -0.2) is 38.1 Å². The predicted octanol–water partition coefficient (Wildman–Crippen LogP) is 3.96. The number of hydrogen-bond donors (Lipinski definition) is 0. The predicted molar refractivity (Wildman–Crippen MR) is 118 cm³/mol. The molecule has 0 aliphatic rings. The fraction of sp³-hybridized carbons (Fsp3) is 0.200. The number of hydrogen-bond acceptors (Lipinski definition) is 1. The van der Waals surface area contributed by atoms with E-state index in [1.54, 1.807) is 0 Å². The number of benzene rings is 2. The summed E-state index contributed by atoms with van der Waals surface area (Å²) in [6.07, 6.45) is 0. The average Bonchev–Trinajstić information content (AvgIpc) is 2.92.